The summed E-state index contributed by atoms with van der Waals surface area (Å²) in [6.07, 6.45) is 3.73. The van der Waals surface area contributed by atoms with Crippen molar-refractivity contribution in [2.24, 2.45) is 0 Å². The number of amides is 1. The number of phenols is 1. The van der Waals surface area contributed by atoms with Crippen LogP contribution in [0, 0.1) is 13.8 Å². The second-order valence-electron chi connectivity index (χ2n) is 7.55. The quantitative estimate of drug-likeness (QED) is 0.636. The average Bonchev–Trinajstić information content (AvgIpc) is 3.22. The summed E-state index contributed by atoms with van der Waals surface area (Å²) in [6.45, 7) is 7.04. The Morgan fingerprint density at radius 3 is 2.67 bits per heavy atom. The van der Waals surface area contributed by atoms with Crippen LogP contribution in [0.25, 0.3) is 5.69 Å². The Morgan fingerprint density at radius 2 is 1.90 bits per heavy atom. The summed E-state index contributed by atoms with van der Waals surface area (Å²) < 4.78 is 2.06. The molecule has 2 aromatic carbocycles. The van der Waals surface area contributed by atoms with Crippen molar-refractivity contribution < 1.29 is 9.90 Å². The van der Waals surface area contributed by atoms with Crippen molar-refractivity contribution in [3.63, 3.8) is 0 Å². The Labute approximate surface area is 181 Å². The van der Waals surface area contributed by atoms with Gasteiger partial charge >= 0.3 is 0 Å². The van der Waals surface area contributed by atoms with E-state index in [2.05, 4.69) is 46.5 Å². The molecule has 30 heavy (non-hydrogen) atoms. The number of phenolic OH excluding ortho intramolecular Hbond substituents is 1. The van der Waals surface area contributed by atoms with Gasteiger partial charge in [0.25, 0.3) is 0 Å². The summed E-state index contributed by atoms with van der Waals surface area (Å²) in [4.78, 5) is 21.3. The van der Waals surface area contributed by atoms with Crippen molar-refractivity contribution in [2.45, 2.75) is 19.0 Å². The second kappa shape index (κ2) is 8.83. The third-order valence-corrected chi connectivity index (χ3v) is 6.33. The highest BCUT2D eigenvalue weighted by atomic mass is 32.2. The summed E-state index contributed by atoms with van der Waals surface area (Å²) in [5.74, 6) is 0.765. The van der Waals surface area contributed by atoms with E-state index in [1.165, 1.54) is 22.9 Å². The van der Waals surface area contributed by atoms with Gasteiger partial charge in [0.05, 0.1) is 11.4 Å². The Morgan fingerprint density at radius 1 is 1.10 bits per heavy atom. The molecular weight excluding hydrogens is 396 g/mol. The SMILES string of the molecule is Cc1ccc(C)c(-n2ccnc2SCC(=O)N2CCN(c3cccc(O)c3)CC2)c1. The van der Waals surface area contributed by atoms with Gasteiger partial charge < -0.3 is 14.9 Å². The maximum absolute atomic E-state index is 12.8. The van der Waals surface area contributed by atoms with Crippen LogP contribution < -0.4 is 4.90 Å². The van der Waals surface area contributed by atoms with Crippen LogP contribution in [0.2, 0.25) is 0 Å². The first-order chi connectivity index (χ1) is 14.5. The minimum Gasteiger partial charge on any atom is -0.508 e. The molecule has 0 aliphatic carbocycles. The summed E-state index contributed by atoms with van der Waals surface area (Å²) >= 11 is 1.48. The van der Waals surface area contributed by atoms with E-state index < -0.39 is 0 Å². The molecule has 2 heterocycles. The number of hydrogen-bond acceptors (Lipinski definition) is 5. The molecule has 0 spiro atoms. The van der Waals surface area contributed by atoms with Crippen LogP contribution in [0.5, 0.6) is 5.75 Å². The van der Waals surface area contributed by atoms with Crippen molar-refractivity contribution in [1.29, 1.82) is 0 Å². The van der Waals surface area contributed by atoms with Crippen molar-refractivity contribution in [2.75, 3.05) is 36.8 Å². The van der Waals surface area contributed by atoms with Gasteiger partial charge in [0.2, 0.25) is 5.91 Å². The number of aromatic nitrogens is 2. The van der Waals surface area contributed by atoms with E-state index in [0.29, 0.717) is 18.8 Å². The third-order valence-electron chi connectivity index (χ3n) is 5.38. The molecule has 1 aliphatic rings. The number of anilines is 1. The third kappa shape index (κ3) is 4.46. The molecule has 0 unspecified atom stereocenters. The zero-order valence-electron chi connectivity index (χ0n) is 17.3. The lowest BCUT2D eigenvalue weighted by molar-refractivity contribution is -0.128. The zero-order chi connectivity index (χ0) is 21.1. The van der Waals surface area contributed by atoms with Crippen LogP contribution in [0.4, 0.5) is 5.69 Å². The van der Waals surface area contributed by atoms with Gasteiger partial charge in [-0.2, -0.15) is 0 Å². The van der Waals surface area contributed by atoms with Crippen LogP contribution >= 0.6 is 11.8 Å². The summed E-state index contributed by atoms with van der Waals surface area (Å²) in [5.41, 5.74) is 4.46. The Kier molecular flexibility index (Phi) is 5.99. The van der Waals surface area contributed by atoms with Crippen molar-refractivity contribution in [1.82, 2.24) is 14.5 Å². The topological polar surface area (TPSA) is 61.6 Å². The van der Waals surface area contributed by atoms with E-state index in [1.807, 2.05) is 23.2 Å². The molecule has 7 heteroatoms. The van der Waals surface area contributed by atoms with E-state index in [0.717, 1.165) is 29.6 Å². The number of thioether (sulfide) groups is 1. The fourth-order valence-electron chi connectivity index (χ4n) is 3.68. The maximum Gasteiger partial charge on any atom is 0.233 e. The van der Waals surface area contributed by atoms with Gasteiger partial charge in [-0.15, -0.1) is 0 Å². The van der Waals surface area contributed by atoms with Gasteiger partial charge in [-0.05, 0) is 43.2 Å². The molecule has 3 aromatic rings. The van der Waals surface area contributed by atoms with Crippen LogP contribution in [-0.4, -0.2) is 57.4 Å². The molecule has 156 valence electrons. The first-order valence-electron chi connectivity index (χ1n) is 10.1. The second-order valence-corrected chi connectivity index (χ2v) is 8.49. The number of piperazine rings is 1. The molecule has 1 amide bonds. The molecular formula is C23H26N4O2S. The minimum absolute atomic E-state index is 0.131. The number of rotatable bonds is 5. The van der Waals surface area contributed by atoms with Gasteiger partial charge in [-0.3, -0.25) is 9.36 Å². The number of carbonyl (C=O) groups excluding carboxylic acids is 1. The number of carbonyl (C=O) groups is 1. The predicted molar refractivity (Wildman–Crippen MR) is 121 cm³/mol. The fourth-order valence-corrected chi connectivity index (χ4v) is 4.55. The lowest BCUT2D eigenvalue weighted by Crippen LogP contribution is -2.49. The van der Waals surface area contributed by atoms with Gasteiger partial charge in [0.1, 0.15) is 5.75 Å². The predicted octanol–water partition coefficient (Wildman–Crippen LogP) is 3.64. The smallest absolute Gasteiger partial charge is 0.233 e. The summed E-state index contributed by atoms with van der Waals surface area (Å²) in [6, 6.07) is 13.6. The normalized spacial score (nSPS) is 14.2. The molecule has 4 rings (SSSR count). The van der Waals surface area contributed by atoms with Crippen molar-refractivity contribution >= 4 is 23.4 Å². The van der Waals surface area contributed by atoms with Crippen molar-refractivity contribution in [3.8, 4) is 11.4 Å². The molecule has 1 aliphatic heterocycles. The fraction of sp³-hybridized carbons (Fsp3) is 0.304. The summed E-state index contributed by atoms with van der Waals surface area (Å²) in [5, 5.41) is 10.5. The van der Waals surface area contributed by atoms with E-state index in [-0.39, 0.29) is 11.7 Å². The van der Waals surface area contributed by atoms with E-state index in [9.17, 15) is 9.90 Å². The number of aromatic hydroxyl groups is 1. The minimum atomic E-state index is 0.131. The van der Waals surface area contributed by atoms with Gasteiger partial charge in [0.15, 0.2) is 5.16 Å². The van der Waals surface area contributed by atoms with Crippen LogP contribution in [-0.2, 0) is 4.79 Å². The molecule has 6 nitrogen and oxygen atoms in total. The molecule has 1 saturated heterocycles. The number of imidazole rings is 1. The zero-order valence-corrected chi connectivity index (χ0v) is 18.1. The van der Waals surface area contributed by atoms with Crippen LogP contribution in [0.3, 0.4) is 0 Å². The molecule has 0 atom stereocenters. The Balaban J connectivity index is 1.35. The van der Waals surface area contributed by atoms with E-state index >= 15 is 0 Å². The number of benzene rings is 2. The monoisotopic (exact) mass is 422 g/mol. The number of nitrogens with zero attached hydrogens (tertiary/aromatic N) is 4. The molecule has 0 bridgehead atoms. The molecule has 0 radical (unpaired) electrons. The highest BCUT2D eigenvalue weighted by Crippen LogP contribution is 2.25. The van der Waals surface area contributed by atoms with Crippen LogP contribution in [0.15, 0.2) is 60.0 Å². The average molecular weight is 423 g/mol. The first kappa shape index (κ1) is 20.3. The Hall–Kier alpha value is -2.93. The molecule has 1 fully saturated rings. The summed E-state index contributed by atoms with van der Waals surface area (Å²) in [7, 11) is 0. The molecule has 1 aromatic heterocycles. The first-order valence-corrected chi connectivity index (χ1v) is 11.1. The van der Waals surface area contributed by atoms with Gasteiger partial charge in [-0.25, -0.2) is 4.98 Å². The highest BCUT2D eigenvalue weighted by molar-refractivity contribution is 7.99. The number of aryl methyl sites for hydroxylation is 2. The maximum atomic E-state index is 12.8. The van der Waals surface area contributed by atoms with Crippen LogP contribution in [0.1, 0.15) is 11.1 Å². The Bertz CT molecular complexity index is 1040. The van der Waals surface area contributed by atoms with E-state index in [1.54, 1.807) is 18.3 Å². The van der Waals surface area contributed by atoms with Gasteiger partial charge in [-0.1, -0.05) is 30.0 Å². The molecule has 0 saturated carbocycles. The van der Waals surface area contributed by atoms with E-state index in [4.69, 9.17) is 0 Å². The largest absolute Gasteiger partial charge is 0.508 e. The number of hydrogen-bond donors (Lipinski definition) is 1. The lowest BCUT2D eigenvalue weighted by Gasteiger charge is -2.36. The standard InChI is InChI=1S/C23H26N4O2S/c1-17-6-7-18(2)21(14-17)27-9-8-24-23(27)30-16-22(29)26-12-10-25(11-13-26)19-4-3-5-20(28)15-19/h3-9,14-15,28H,10-13,16H2,1-2H3. The van der Waals surface area contributed by atoms with Gasteiger partial charge in [0, 0.05) is 50.3 Å². The molecule has 1 N–H and O–H groups in total. The highest BCUT2D eigenvalue weighted by Gasteiger charge is 2.22. The van der Waals surface area contributed by atoms with Crippen molar-refractivity contribution in [3.05, 3.63) is 66.0 Å². The lowest BCUT2D eigenvalue weighted by atomic mass is 10.1.